The third-order valence-corrected chi connectivity index (χ3v) is 3.84. The number of carbonyl (C=O) groups is 2. The van der Waals surface area contributed by atoms with Crippen LogP contribution in [0.4, 0.5) is 4.39 Å². The summed E-state index contributed by atoms with van der Waals surface area (Å²) >= 11 is 0. The molecule has 0 saturated heterocycles. The quantitative estimate of drug-likeness (QED) is 0.754. The largest absolute Gasteiger partial charge is 0.352 e. The van der Waals surface area contributed by atoms with Crippen LogP contribution in [0.5, 0.6) is 0 Å². The van der Waals surface area contributed by atoms with Gasteiger partial charge in [-0.25, -0.2) is 4.39 Å². The van der Waals surface area contributed by atoms with Crippen molar-refractivity contribution >= 4 is 24.1 Å². The van der Waals surface area contributed by atoms with Gasteiger partial charge in [-0.15, -0.1) is 12.4 Å². The van der Waals surface area contributed by atoms with Crippen LogP contribution in [0.3, 0.4) is 0 Å². The Hall–Kier alpha value is -1.46. The topological polar surface area (TPSA) is 72.2 Å². The number of Topliss-reactive ketones (excluding diaryl/α,β-unsaturated/α-hetero) is 1. The maximum absolute atomic E-state index is 13.1. The zero-order valence-electron chi connectivity index (χ0n) is 12.5. The molecule has 1 saturated carbocycles. The fourth-order valence-corrected chi connectivity index (χ4v) is 2.43. The number of carbonyl (C=O) groups excluding carboxylic acids is 2. The molecule has 2 unspecified atom stereocenters. The van der Waals surface area contributed by atoms with Gasteiger partial charge in [0.05, 0.1) is 0 Å². The van der Waals surface area contributed by atoms with Crippen molar-refractivity contribution < 1.29 is 14.0 Å². The molecule has 2 atom stereocenters. The summed E-state index contributed by atoms with van der Waals surface area (Å²) in [6.45, 7) is 2.10. The highest BCUT2D eigenvalue weighted by Gasteiger charge is 2.31. The fraction of sp³-hybridized carbons (Fsp3) is 0.500. The van der Waals surface area contributed by atoms with Gasteiger partial charge in [0, 0.05) is 30.5 Å². The SMILES string of the molecule is CC(CC(=O)NC(CN)C1CC1)C(=O)c1cccc(F)c1.Cl. The number of halogens is 2. The lowest BCUT2D eigenvalue weighted by atomic mass is 9.96. The maximum atomic E-state index is 13.1. The zero-order chi connectivity index (χ0) is 15.4. The van der Waals surface area contributed by atoms with Gasteiger partial charge in [0.25, 0.3) is 0 Å². The summed E-state index contributed by atoms with van der Waals surface area (Å²) in [5.74, 6) is -0.845. The van der Waals surface area contributed by atoms with E-state index in [-0.39, 0.29) is 36.6 Å². The summed E-state index contributed by atoms with van der Waals surface area (Å²) in [4.78, 5) is 24.1. The van der Waals surface area contributed by atoms with E-state index >= 15 is 0 Å². The van der Waals surface area contributed by atoms with Crippen molar-refractivity contribution in [2.24, 2.45) is 17.6 Å². The summed E-state index contributed by atoms with van der Waals surface area (Å²) in [6, 6.07) is 5.55. The molecule has 0 aliphatic heterocycles. The van der Waals surface area contributed by atoms with E-state index in [9.17, 15) is 14.0 Å². The molecule has 1 amide bonds. The van der Waals surface area contributed by atoms with Gasteiger partial charge in [-0.05, 0) is 30.9 Å². The van der Waals surface area contributed by atoms with E-state index in [1.165, 1.54) is 18.2 Å². The highest BCUT2D eigenvalue weighted by Crippen LogP contribution is 2.32. The molecule has 22 heavy (non-hydrogen) atoms. The zero-order valence-corrected chi connectivity index (χ0v) is 13.4. The summed E-state index contributed by atoms with van der Waals surface area (Å²) < 4.78 is 13.1. The molecule has 122 valence electrons. The van der Waals surface area contributed by atoms with E-state index in [0.717, 1.165) is 12.8 Å². The molecule has 1 fully saturated rings. The number of hydrogen-bond donors (Lipinski definition) is 2. The van der Waals surface area contributed by atoms with Crippen LogP contribution < -0.4 is 11.1 Å². The van der Waals surface area contributed by atoms with E-state index in [1.54, 1.807) is 13.0 Å². The van der Waals surface area contributed by atoms with Crippen molar-refractivity contribution in [3.8, 4) is 0 Å². The lowest BCUT2D eigenvalue weighted by molar-refractivity contribution is -0.122. The van der Waals surface area contributed by atoms with Gasteiger partial charge < -0.3 is 11.1 Å². The number of rotatable bonds is 7. The third kappa shape index (κ3) is 5.07. The molecule has 1 aliphatic rings. The van der Waals surface area contributed by atoms with Crippen LogP contribution >= 0.6 is 12.4 Å². The van der Waals surface area contributed by atoms with Crippen LogP contribution in [0.1, 0.15) is 36.5 Å². The van der Waals surface area contributed by atoms with Crippen molar-refractivity contribution in [1.29, 1.82) is 0 Å². The average Bonchev–Trinajstić information content (AvgIpc) is 3.28. The first-order valence-corrected chi connectivity index (χ1v) is 7.30. The molecule has 0 aromatic heterocycles. The van der Waals surface area contributed by atoms with Crippen LogP contribution in [0.2, 0.25) is 0 Å². The molecule has 1 aromatic carbocycles. The van der Waals surface area contributed by atoms with Crippen LogP contribution in [0.15, 0.2) is 24.3 Å². The highest BCUT2D eigenvalue weighted by atomic mass is 35.5. The predicted molar refractivity (Wildman–Crippen MR) is 85.5 cm³/mol. The lowest BCUT2D eigenvalue weighted by Gasteiger charge is -2.17. The lowest BCUT2D eigenvalue weighted by Crippen LogP contribution is -2.42. The van der Waals surface area contributed by atoms with Crippen LogP contribution in [-0.4, -0.2) is 24.3 Å². The van der Waals surface area contributed by atoms with Crippen molar-refractivity contribution in [3.63, 3.8) is 0 Å². The average molecular weight is 329 g/mol. The minimum absolute atomic E-state index is 0. The van der Waals surface area contributed by atoms with E-state index < -0.39 is 11.7 Å². The Labute approximate surface area is 136 Å². The Morgan fingerprint density at radius 1 is 1.41 bits per heavy atom. The van der Waals surface area contributed by atoms with Gasteiger partial charge in [0.1, 0.15) is 5.82 Å². The molecule has 1 aliphatic carbocycles. The minimum Gasteiger partial charge on any atom is -0.352 e. The summed E-state index contributed by atoms with van der Waals surface area (Å²) in [5, 5.41) is 2.89. The second-order valence-corrected chi connectivity index (χ2v) is 5.73. The second-order valence-electron chi connectivity index (χ2n) is 5.73. The Balaban J connectivity index is 0.00000242. The van der Waals surface area contributed by atoms with E-state index in [2.05, 4.69) is 5.32 Å². The molecule has 3 N–H and O–H groups in total. The smallest absolute Gasteiger partial charge is 0.220 e. The normalized spacial score (nSPS) is 16.3. The molecule has 0 bridgehead atoms. The Kier molecular flexibility index (Phi) is 6.97. The maximum Gasteiger partial charge on any atom is 0.220 e. The first kappa shape index (κ1) is 18.6. The first-order valence-electron chi connectivity index (χ1n) is 7.30. The van der Waals surface area contributed by atoms with Crippen LogP contribution in [0, 0.1) is 17.7 Å². The van der Waals surface area contributed by atoms with Crippen LogP contribution in [-0.2, 0) is 4.79 Å². The van der Waals surface area contributed by atoms with E-state index in [1.807, 2.05) is 0 Å². The molecular formula is C16H22ClFN2O2. The Bertz CT molecular complexity index is 535. The number of benzene rings is 1. The van der Waals surface area contributed by atoms with E-state index in [4.69, 9.17) is 5.73 Å². The highest BCUT2D eigenvalue weighted by molar-refractivity contribution is 5.99. The Morgan fingerprint density at radius 3 is 2.64 bits per heavy atom. The number of hydrogen-bond acceptors (Lipinski definition) is 3. The molecule has 4 nitrogen and oxygen atoms in total. The minimum atomic E-state index is -0.482. The van der Waals surface area contributed by atoms with E-state index in [0.29, 0.717) is 18.0 Å². The number of amides is 1. The molecule has 0 radical (unpaired) electrons. The molecule has 0 spiro atoms. The van der Waals surface area contributed by atoms with Crippen molar-refractivity contribution in [2.45, 2.75) is 32.2 Å². The molecule has 2 rings (SSSR count). The standard InChI is InChI=1S/C16H21FN2O2.ClH/c1-10(16(21)12-3-2-4-13(17)8-12)7-15(20)19-14(9-18)11-5-6-11;/h2-4,8,10-11,14H,5-7,9,18H2,1H3,(H,19,20);1H. The second kappa shape index (κ2) is 8.25. The first-order chi connectivity index (χ1) is 10.0. The third-order valence-electron chi connectivity index (χ3n) is 3.84. The summed E-state index contributed by atoms with van der Waals surface area (Å²) in [5.41, 5.74) is 5.94. The van der Waals surface area contributed by atoms with Crippen molar-refractivity contribution in [3.05, 3.63) is 35.6 Å². The number of nitrogens with two attached hydrogens (primary N) is 1. The van der Waals surface area contributed by atoms with Gasteiger partial charge in [0.2, 0.25) is 5.91 Å². The molecule has 6 heteroatoms. The predicted octanol–water partition coefficient (Wildman–Crippen LogP) is 2.31. The van der Waals surface area contributed by atoms with Gasteiger partial charge in [0.15, 0.2) is 5.78 Å². The van der Waals surface area contributed by atoms with Gasteiger partial charge in [-0.3, -0.25) is 9.59 Å². The molecule has 1 aromatic rings. The molecular weight excluding hydrogens is 307 g/mol. The van der Waals surface area contributed by atoms with Gasteiger partial charge in [-0.1, -0.05) is 19.1 Å². The van der Waals surface area contributed by atoms with Crippen molar-refractivity contribution in [2.75, 3.05) is 6.54 Å². The van der Waals surface area contributed by atoms with Crippen molar-refractivity contribution in [1.82, 2.24) is 5.32 Å². The monoisotopic (exact) mass is 328 g/mol. The number of ketones is 1. The Morgan fingerprint density at radius 2 is 2.09 bits per heavy atom. The number of nitrogens with one attached hydrogen (secondary N) is 1. The summed E-state index contributed by atoms with van der Waals surface area (Å²) in [7, 11) is 0. The summed E-state index contributed by atoms with van der Waals surface area (Å²) in [6.07, 6.45) is 2.29. The molecule has 0 heterocycles. The van der Waals surface area contributed by atoms with Gasteiger partial charge >= 0.3 is 0 Å². The fourth-order valence-electron chi connectivity index (χ4n) is 2.43. The van der Waals surface area contributed by atoms with Crippen LogP contribution in [0.25, 0.3) is 0 Å². The van der Waals surface area contributed by atoms with Gasteiger partial charge in [-0.2, -0.15) is 0 Å².